The lowest BCUT2D eigenvalue weighted by atomic mass is 10.1. The summed E-state index contributed by atoms with van der Waals surface area (Å²) in [5, 5.41) is 2.22. The first-order valence-electron chi connectivity index (χ1n) is 8.37. The maximum absolute atomic E-state index is 12.8. The van der Waals surface area contributed by atoms with Crippen molar-refractivity contribution in [2.24, 2.45) is 0 Å². The van der Waals surface area contributed by atoms with Gasteiger partial charge in [-0.05, 0) is 60.0 Å². The highest BCUT2D eigenvalue weighted by Crippen LogP contribution is 2.29. The summed E-state index contributed by atoms with van der Waals surface area (Å²) in [4.78, 5) is 14.6. The van der Waals surface area contributed by atoms with E-state index in [1.807, 2.05) is 60.4 Å². The van der Waals surface area contributed by atoms with Crippen molar-refractivity contribution in [2.75, 3.05) is 11.4 Å². The summed E-state index contributed by atoms with van der Waals surface area (Å²) in [5.74, 6) is 0.712. The molecule has 3 aromatic rings. The van der Waals surface area contributed by atoms with Crippen LogP contribution in [-0.2, 0) is 11.2 Å². The molecule has 1 aliphatic rings. The summed E-state index contributed by atoms with van der Waals surface area (Å²) in [6, 6.07) is 20.1. The molecule has 4 rings (SSSR count). The molecule has 0 aromatic heterocycles. The maximum atomic E-state index is 12.8. The molecule has 0 saturated heterocycles. The molecule has 4 heteroatoms. The van der Waals surface area contributed by atoms with E-state index in [-0.39, 0.29) is 5.91 Å². The molecule has 3 aromatic carbocycles. The largest absolute Gasteiger partial charge is 0.481 e. The average Bonchev–Trinajstić information content (AvgIpc) is 3.05. The quantitative estimate of drug-likeness (QED) is 0.627. The third-order valence-electron chi connectivity index (χ3n) is 4.59. The Hall–Kier alpha value is -2.33. The average molecular weight is 396 g/mol. The van der Waals surface area contributed by atoms with Gasteiger partial charge in [-0.15, -0.1) is 0 Å². The molecule has 0 spiro atoms. The van der Waals surface area contributed by atoms with Gasteiger partial charge in [-0.3, -0.25) is 4.79 Å². The van der Waals surface area contributed by atoms with Crippen LogP contribution in [-0.4, -0.2) is 18.6 Å². The predicted octanol–water partition coefficient (Wildman–Crippen LogP) is 4.96. The number of amides is 1. The second-order valence-electron chi connectivity index (χ2n) is 6.28. The van der Waals surface area contributed by atoms with Gasteiger partial charge in [0, 0.05) is 16.7 Å². The Kier molecular flexibility index (Phi) is 4.22. The number of para-hydroxylation sites is 1. The number of benzene rings is 3. The first-order chi connectivity index (χ1) is 12.1. The van der Waals surface area contributed by atoms with Gasteiger partial charge in [0.2, 0.25) is 0 Å². The highest BCUT2D eigenvalue weighted by atomic mass is 79.9. The van der Waals surface area contributed by atoms with E-state index in [0.717, 1.165) is 33.9 Å². The number of fused-ring (bicyclic) bond motifs is 2. The number of anilines is 1. The molecule has 1 amide bonds. The second kappa shape index (κ2) is 6.52. The van der Waals surface area contributed by atoms with Crippen LogP contribution in [0.4, 0.5) is 5.69 Å². The fraction of sp³-hybridized carbons (Fsp3) is 0.190. The van der Waals surface area contributed by atoms with Crippen molar-refractivity contribution >= 4 is 38.3 Å². The minimum atomic E-state index is -0.529. The van der Waals surface area contributed by atoms with Gasteiger partial charge in [0.05, 0.1) is 0 Å². The number of ether oxygens (including phenoxy) is 1. The van der Waals surface area contributed by atoms with Crippen LogP contribution in [0, 0.1) is 0 Å². The fourth-order valence-electron chi connectivity index (χ4n) is 3.31. The second-order valence-corrected chi connectivity index (χ2v) is 7.20. The predicted molar refractivity (Wildman–Crippen MR) is 104 cm³/mol. The number of nitrogens with zero attached hydrogens (tertiary/aromatic N) is 1. The van der Waals surface area contributed by atoms with E-state index >= 15 is 0 Å². The van der Waals surface area contributed by atoms with E-state index in [1.165, 1.54) is 5.56 Å². The van der Waals surface area contributed by atoms with Crippen LogP contribution in [0.1, 0.15) is 12.5 Å². The minimum absolute atomic E-state index is 0.000790. The lowest BCUT2D eigenvalue weighted by Crippen LogP contribution is -2.39. The van der Waals surface area contributed by atoms with Crippen LogP contribution in [0.5, 0.6) is 5.75 Å². The molecule has 1 atom stereocenters. The highest BCUT2D eigenvalue weighted by Gasteiger charge is 2.28. The Morgan fingerprint density at radius 1 is 1.08 bits per heavy atom. The van der Waals surface area contributed by atoms with Crippen LogP contribution in [0.3, 0.4) is 0 Å². The van der Waals surface area contributed by atoms with Gasteiger partial charge in [-0.1, -0.05) is 46.3 Å². The lowest BCUT2D eigenvalue weighted by molar-refractivity contribution is -0.124. The lowest BCUT2D eigenvalue weighted by Gasteiger charge is -2.22. The third kappa shape index (κ3) is 3.14. The zero-order valence-electron chi connectivity index (χ0n) is 13.9. The molecule has 0 unspecified atom stereocenters. The van der Waals surface area contributed by atoms with Crippen molar-refractivity contribution in [3.8, 4) is 5.75 Å². The normalized spacial score (nSPS) is 14.4. The zero-order valence-corrected chi connectivity index (χ0v) is 15.5. The molecular weight excluding hydrogens is 378 g/mol. The van der Waals surface area contributed by atoms with Gasteiger partial charge in [-0.2, -0.15) is 0 Å². The van der Waals surface area contributed by atoms with Crippen LogP contribution in [0.25, 0.3) is 10.8 Å². The summed E-state index contributed by atoms with van der Waals surface area (Å²) in [5.41, 5.74) is 2.23. The molecule has 0 radical (unpaired) electrons. The molecule has 0 fully saturated rings. The molecule has 0 bridgehead atoms. The molecule has 0 N–H and O–H groups in total. The van der Waals surface area contributed by atoms with Crippen molar-refractivity contribution in [2.45, 2.75) is 19.4 Å². The van der Waals surface area contributed by atoms with Crippen molar-refractivity contribution < 1.29 is 9.53 Å². The molecule has 1 heterocycles. The molecular formula is C21H18BrNO2. The van der Waals surface area contributed by atoms with Crippen molar-refractivity contribution in [1.29, 1.82) is 0 Å². The SMILES string of the molecule is C[C@H](Oc1ccc2cc(Br)ccc2c1)C(=O)N1CCc2ccccc21. The number of halogens is 1. The van der Waals surface area contributed by atoms with Crippen LogP contribution in [0.15, 0.2) is 65.1 Å². The van der Waals surface area contributed by atoms with E-state index in [4.69, 9.17) is 4.74 Å². The monoisotopic (exact) mass is 395 g/mol. The van der Waals surface area contributed by atoms with Crippen molar-refractivity contribution in [3.05, 3.63) is 70.7 Å². The molecule has 25 heavy (non-hydrogen) atoms. The number of carbonyl (C=O) groups excluding carboxylic acids is 1. The van der Waals surface area contributed by atoms with Crippen molar-refractivity contribution in [1.82, 2.24) is 0 Å². The van der Waals surface area contributed by atoms with E-state index in [2.05, 4.69) is 28.1 Å². The van der Waals surface area contributed by atoms with E-state index in [0.29, 0.717) is 5.75 Å². The summed E-state index contributed by atoms with van der Waals surface area (Å²) in [7, 11) is 0. The van der Waals surface area contributed by atoms with Gasteiger partial charge in [-0.25, -0.2) is 0 Å². The molecule has 0 saturated carbocycles. The Morgan fingerprint density at radius 3 is 2.72 bits per heavy atom. The fourth-order valence-corrected chi connectivity index (χ4v) is 3.69. The smallest absolute Gasteiger partial charge is 0.267 e. The number of rotatable bonds is 3. The first kappa shape index (κ1) is 16.2. The maximum Gasteiger partial charge on any atom is 0.267 e. The topological polar surface area (TPSA) is 29.5 Å². The van der Waals surface area contributed by atoms with Crippen LogP contribution in [0.2, 0.25) is 0 Å². The Morgan fingerprint density at radius 2 is 1.84 bits per heavy atom. The van der Waals surface area contributed by atoms with Gasteiger partial charge in [0.25, 0.3) is 5.91 Å². The summed E-state index contributed by atoms with van der Waals surface area (Å²) in [6.45, 7) is 2.53. The standard InChI is InChI=1S/C21H18BrNO2/c1-14(21(24)23-11-10-15-4-2-3-5-20(15)23)25-19-9-7-16-12-18(22)8-6-17(16)13-19/h2-9,12-14H,10-11H2,1H3/t14-/m0/s1. The molecule has 0 aliphatic carbocycles. The first-order valence-corrected chi connectivity index (χ1v) is 9.16. The number of hydrogen-bond donors (Lipinski definition) is 0. The Labute approximate surface area is 155 Å². The van der Waals surface area contributed by atoms with Crippen LogP contribution >= 0.6 is 15.9 Å². The molecule has 126 valence electrons. The summed E-state index contributed by atoms with van der Waals surface area (Å²) in [6.07, 6.45) is 0.374. The Bertz CT molecular complexity index is 954. The third-order valence-corrected chi connectivity index (χ3v) is 5.08. The Balaban J connectivity index is 1.53. The van der Waals surface area contributed by atoms with E-state index in [9.17, 15) is 4.79 Å². The van der Waals surface area contributed by atoms with Crippen LogP contribution < -0.4 is 9.64 Å². The van der Waals surface area contributed by atoms with E-state index < -0.39 is 6.10 Å². The molecule has 3 nitrogen and oxygen atoms in total. The summed E-state index contributed by atoms with van der Waals surface area (Å²) < 4.78 is 6.99. The van der Waals surface area contributed by atoms with Gasteiger partial charge >= 0.3 is 0 Å². The highest BCUT2D eigenvalue weighted by molar-refractivity contribution is 9.10. The van der Waals surface area contributed by atoms with E-state index in [1.54, 1.807) is 0 Å². The zero-order chi connectivity index (χ0) is 17.4. The molecule has 1 aliphatic heterocycles. The van der Waals surface area contributed by atoms with Gasteiger partial charge in [0.15, 0.2) is 6.10 Å². The minimum Gasteiger partial charge on any atom is -0.481 e. The van der Waals surface area contributed by atoms with Gasteiger partial charge in [0.1, 0.15) is 5.75 Å². The van der Waals surface area contributed by atoms with Crippen molar-refractivity contribution in [3.63, 3.8) is 0 Å². The van der Waals surface area contributed by atoms with Gasteiger partial charge < -0.3 is 9.64 Å². The number of carbonyl (C=O) groups is 1. The number of hydrogen-bond acceptors (Lipinski definition) is 2. The summed E-state index contributed by atoms with van der Waals surface area (Å²) >= 11 is 3.48.